The molecular formula is C19H21NO3. The third kappa shape index (κ3) is 3.77. The van der Waals surface area contributed by atoms with Crippen LogP contribution >= 0.6 is 0 Å². The van der Waals surface area contributed by atoms with E-state index >= 15 is 0 Å². The standard InChI is InChI=1S/C19H21NO3/c1-4-12(2)10-13(3)17(21)16-18(22)15(20-19(16)23)11-14-8-6-5-7-9-14/h4-10,15,21H,11H2,1-3H3,(H,20,23)/b12-4+,13-10+,17-16+/t15-/m0/s1. The van der Waals surface area contributed by atoms with Crippen molar-refractivity contribution in [3.05, 3.63) is 70.5 Å². The molecule has 0 saturated carbocycles. The van der Waals surface area contributed by atoms with Gasteiger partial charge in [0.15, 0.2) is 5.78 Å². The van der Waals surface area contributed by atoms with Gasteiger partial charge in [-0.2, -0.15) is 0 Å². The van der Waals surface area contributed by atoms with Crippen LogP contribution in [0.4, 0.5) is 0 Å². The molecule has 1 aromatic rings. The first-order valence-electron chi connectivity index (χ1n) is 7.58. The van der Waals surface area contributed by atoms with E-state index in [-0.39, 0.29) is 17.1 Å². The van der Waals surface area contributed by atoms with Gasteiger partial charge in [0, 0.05) is 6.42 Å². The number of rotatable bonds is 4. The lowest BCUT2D eigenvalue weighted by Crippen LogP contribution is -2.31. The molecule has 1 aliphatic rings. The normalized spacial score (nSPS) is 21.4. The number of aliphatic hydroxyl groups excluding tert-OH is 1. The third-order valence-corrected chi connectivity index (χ3v) is 3.89. The molecule has 1 atom stereocenters. The van der Waals surface area contributed by atoms with Crippen molar-refractivity contribution in [1.82, 2.24) is 5.32 Å². The second-order valence-electron chi connectivity index (χ2n) is 5.66. The number of benzene rings is 1. The van der Waals surface area contributed by atoms with Gasteiger partial charge in [-0.3, -0.25) is 9.59 Å². The molecule has 1 amide bonds. The number of amides is 1. The molecule has 1 aliphatic heterocycles. The molecule has 1 saturated heterocycles. The first kappa shape index (κ1) is 16.7. The molecule has 0 unspecified atom stereocenters. The number of Topliss-reactive ketones (excluding diaryl/α,β-unsaturated/α-hetero) is 1. The largest absolute Gasteiger partial charge is 0.507 e. The quantitative estimate of drug-likeness (QED) is 0.389. The minimum Gasteiger partial charge on any atom is -0.507 e. The molecule has 0 radical (unpaired) electrons. The van der Waals surface area contributed by atoms with Gasteiger partial charge in [-0.15, -0.1) is 0 Å². The van der Waals surface area contributed by atoms with Crippen molar-refractivity contribution >= 4 is 11.7 Å². The van der Waals surface area contributed by atoms with Crippen molar-refractivity contribution in [3.8, 4) is 0 Å². The summed E-state index contributed by atoms with van der Waals surface area (Å²) in [6.07, 6.45) is 4.04. The van der Waals surface area contributed by atoms with Gasteiger partial charge in [0.2, 0.25) is 0 Å². The van der Waals surface area contributed by atoms with Crippen molar-refractivity contribution in [2.75, 3.05) is 0 Å². The number of allylic oxidation sites excluding steroid dienone is 4. The number of ketones is 1. The zero-order chi connectivity index (χ0) is 17.0. The van der Waals surface area contributed by atoms with Crippen LogP contribution in [0.15, 0.2) is 65.0 Å². The molecule has 23 heavy (non-hydrogen) atoms. The highest BCUT2D eigenvalue weighted by Gasteiger charge is 2.38. The molecular weight excluding hydrogens is 290 g/mol. The summed E-state index contributed by atoms with van der Waals surface area (Å²) in [5.41, 5.74) is 2.26. The number of aliphatic hydroxyl groups is 1. The van der Waals surface area contributed by atoms with Crippen LogP contribution in [0.2, 0.25) is 0 Å². The smallest absolute Gasteiger partial charge is 0.259 e. The molecule has 4 nitrogen and oxygen atoms in total. The van der Waals surface area contributed by atoms with Crippen LogP contribution < -0.4 is 5.32 Å². The maximum atomic E-state index is 12.5. The van der Waals surface area contributed by atoms with Crippen LogP contribution in [0, 0.1) is 0 Å². The molecule has 4 heteroatoms. The molecule has 1 fully saturated rings. The number of nitrogens with one attached hydrogen (secondary N) is 1. The zero-order valence-corrected chi connectivity index (χ0v) is 13.6. The van der Waals surface area contributed by atoms with E-state index in [0.717, 1.165) is 11.1 Å². The highest BCUT2D eigenvalue weighted by Crippen LogP contribution is 2.21. The Morgan fingerprint density at radius 1 is 1.22 bits per heavy atom. The average Bonchev–Trinajstić information content (AvgIpc) is 2.81. The summed E-state index contributed by atoms with van der Waals surface area (Å²) in [4.78, 5) is 24.6. The summed E-state index contributed by atoms with van der Waals surface area (Å²) in [5.74, 6) is -1.12. The summed E-state index contributed by atoms with van der Waals surface area (Å²) in [6, 6.07) is 8.85. The van der Waals surface area contributed by atoms with Gasteiger partial charge in [0.1, 0.15) is 11.3 Å². The van der Waals surface area contributed by atoms with Crippen molar-refractivity contribution in [2.24, 2.45) is 0 Å². The Morgan fingerprint density at radius 2 is 1.87 bits per heavy atom. The van der Waals surface area contributed by atoms with Gasteiger partial charge in [0.25, 0.3) is 5.91 Å². The van der Waals surface area contributed by atoms with E-state index in [4.69, 9.17) is 0 Å². The van der Waals surface area contributed by atoms with E-state index < -0.39 is 11.9 Å². The molecule has 0 aromatic heterocycles. The van der Waals surface area contributed by atoms with Gasteiger partial charge in [-0.1, -0.05) is 48.1 Å². The van der Waals surface area contributed by atoms with Crippen LogP contribution in [0.1, 0.15) is 26.3 Å². The summed E-state index contributed by atoms with van der Waals surface area (Å²) < 4.78 is 0. The Balaban J connectivity index is 2.27. The Hall–Kier alpha value is -2.62. The van der Waals surface area contributed by atoms with Gasteiger partial charge < -0.3 is 10.4 Å². The van der Waals surface area contributed by atoms with Crippen LogP contribution in [-0.4, -0.2) is 22.8 Å². The Labute approximate surface area is 136 Å². The molecule has 0 spiro atoms. The van der Waals surface area contributed by atoms with Crippen molar-refractivity contribution in [3.63, 3.8) is 0 Å². The van der Waals surface area contributed by atoms with E-state index in [0.29, 0.717) is 12.0 Å². The fourth-order valence-electron chi connectivity index (χ4n) is 2.49. The molecule has 1 aromatic carbocycles. The first-order chi connectivity index (χ1) is 10.9. The lowest BCUT2D eigenvalue weighted by molar-refractivity contribution is -0.117. The average molecular weight is 311 g/mol. The molecule has 0 bridgehead atoms. The highest BCUT2D eigenvalue weighted by atomic mass is 16.3. The molecule has 2 N–H and O–H groups in total. The van der Waals surface area contributed by atoms with Gasteiger partial charge in [0.05, 0.1) is 6.04 Å². The predicted molar refractivity (Wildman–Crippen MR) is 89.9 cm³/mol. The number of carbonyl (C=O) groups excluding carboxylic acids is 2. The lowest BCUT2D eigenvalue weighted by Gasteiger charge is -2.07. The Kier molecular flexibility index (Phi) is 5.16. The van der Waals surface area contributed by atoms with E-state index in [9.17, 15) is 14.7 Å². The van der Waals surface area contributed by atoms with Crippen LogP contribution in [0.3, 0.4) is 0 Å². The lowest BCUT2D eigenvalue weighted by atomic mass is 9.99. The maximum Gasteiger partial charge on any atom is 0.259 e. The van der Waals surface area contributed by atoms with Crippen LogP contribution in [0.5, 0.6) is 0 Å². The van der Waals surface area contributed by atoms with Crippen molar-refractivity contribution < 1.29 is 14.7 Å². The van der Waals surface area contributed by atoms with Crippen LogP contribution in [-0.2, 0) is 16.0 Å². The first-order valence-corrected chi connectivity index (χ1v) is 7.58. The maximum absolute atomic E-state index is 12.5. The third-order valence-electron chi connectivity index (χ3n) is 3.89. The zero-order valence-electron chi connectivity index (χ0n) is 13.6. The van der Waals surface area contributed by atoms with Crippen molar-refractivity contribution in [1.29, 1.82) is 0 Å². The Morgan fingerprint density at radius 3 is 2.48 bits per heavy atom. The van der Waals surface area contributed by atoms with Crippen molar-refractivity contribution in [2.45, 2.75) is 33.2 Å². The van der Waals surface area contributed by atoms with Crippen LogP contribution in [0.25, 0.3) is 0 Å². The summed E-state index contributed by atoms with van der Waals surface area (Å²) in [7, 11) is 0. The molecule has 1 heterocycles. The highest BCUT2D eigenvalue weighted by molar-refractivity contribution is 6.27. The summed E-state index contributed by atoms with van der Waals surface area (Å²) in [6.45, 7) is 5.45. The van der Waals surface area contributed by atoms with Gasteiger partial charge >= 0.3 is 0 Å². The molecule has 0 aliphatic carbocycles. The van der Waals surface area contributed by atoms with E-state index in [1.54, 1.807) is 13.0 Å². The van der Waals surface area contributed by atoms with Gasteiger partial charge in [-0.25, -0.2) is 0 Å². The Bertz CT molecular complexity index is 711. The minimum absolute atomic E-state index is 0.149. The summed E-state index contributed by atoms with van der Waals surface area (Å²) in [5, 5.41) is 12.9. The monoisotopic (exact) mass is 311 g/mol. The molecule has 2 rings (SSSR count). The van der Waals surface area contributed by atoms with E-state index in [1.807, 2.05) is 50.3 Å². The van der Waals surface area contributed by atoms with E-state index in [2.05, 4.69) is 5.32 Å². The SMILES string of the molecule is C/C=C(C)/C=C(C)/C(O)=C1\C(=O)N[C@@H](Cc2ccccc2)C1=O. The number of hydrogen-bond acceptors (Lipinski definition) is 3. The van der Waals surface area contributed by atoms with E-state index in [1.165, 1.54) is 0 Å². The minimum atomic E-state index is -0.627. The fraction of sp³-hybridized carbons (Fsp3) is 0.263. The topological polar surface area (TPSA) is 66.4 Å². The fourth-order valence-corrected chi connectivity index (χ4v) is 2.49. The second kappa shape index (κ2) is 7.09. The number of hydrogen-bond donors (Lipinski definition) is 2. The second-order valence-corrected chi connectivity index (χ2v) is 5.66. The number of carbonyl (C=O) groups is 2. The molecule has 120 valence electrons. The summed E-state index contributed by atoms with van der Waals surface area (Å²) >= 11 is 0. The van der Waals surface area contributed by atoms with Gasteiger partial charge in [-0.05, 0) is 31.9 Å². The predicted octanol–water partition coefficient (Wildman–Crippen LogP) is 3.02.